The second kappa shape index (κ2) is 3.50. The van der Waals surface area contributed by atoms with E-state index in [0.29, 0.717) is 5.92 Å². The molecule has 3 heteroatoms. The van der Waals surface area contributed by atoms with E-state index in [9.17, 15) is 0 Å². The monoisotopic (exact) mass is 179 g/mol. The van der Waals surface area contributed by atoms with E-state index >= 15 is 0 Å². The van der Waals surface area contributed by atoms with E-state index in [-0.39, 0.29) is 0 Å². The molecule has 1 aliphatic rings. The summed E-state index contributed by atoms with van der Waals surface area (Å²) in [4.78, 5) is 0. The Hall–Kier alpha value is -0.830. The number of hydrogen-bond donors (Lipinski definition) is 1. The summed E-state index contributed by atoms with van der Waals surface area (Å²) in [6, 6.07) is 0. The number of nitrogens with two attached hydrogens (primary N) is 1. The molecule has 2 rings (SSSR count). The molecule has 3 nitrogen and oxygen atoms in total. The van der Waals surface area contributed by atoms with Gasteiger partial charge in [-0.2, -0.15) is 5.10 Å². The van der Waals surface area contributed by atoms with E-state index in [2.05, 4.69) is 5.10 Å². The molecule has 1 heterocycles. The van der Waals surface area contributed by atoms with Crippen molar-refractivity contribution in [2.24, 2.45) is 12.8 Å². The second-order valence-electron chi connectivity index (χ2n) is 3.85. The van der Waals surface area contributed by atoms with Crippen LogP contribution in [0, 0.1) is 0 Å². The Labute approximate surface area is 78.9 Å². The van der Waals surface area contributed by atoms with Crippen molar-refractivity contribution < 1.29 is 0 Å². The zero-order chi connectivity index (χ0) is 9.26. The molecule has 2 N–H and O–H groups in total. The summed E-state index contributed by atoms with van der Waals surface area (Å²) >= 11 is 0. The fraction of sp³-hybridized carbons (Fsp3) is 0.700. The highest BCUT2D eigenvalue weighted by molar-refractivity contribution is 5.24. The summed E-state index contributed by atoms with van der Waals surface area (Å²) in [5.41, 5.74) is 8.47. The first-order valence-electron chi connectivity index (χ1n) is 5.03. The average Bonchev–Trinajstić information content (AvgIpc) is 2.50. The third-order valence-corrected chi connectivity index (χ3v) is 2.96. The Balaban J connectivity index is 2.29. The number of aryl methyl sites for hydroxylation is 2. The fourth-order valence-electron chi connectivity index (χ4n) is 2.37. The summed E-state index contributed by atoms with van der Waals surface area (Å²) < 4.78 is 2.02. The molecule has 0 saturated carbocycles. The average molecular weight is 179 g/mol. The van der Waals surface area contributed by atoms with Crippen LogP contribution in [0.15, 0.2) is 6.20 Å². The number of rotatable bonds is 2. The van der Waals surface area contributed by atoms with Gasteiger partial charge in [-0.3, -0.25) is 4.68 Å². The molecule has 1 aromatic heterocycles. The predicted octanol–water partition coefficient (Wildman–Crippen LogP) is 1.19. The molecule has 0 fully saturated rings. The van der Waals surface area contributed by atoms with E-state index in [1.165, 1.54) is 30.5 Å². The van der Waals surface area contributed by atoms with E-state index in [1.54, 1.807) is 0 Å². The van der Waals surface area contributed by atoms with Crippen molar-refractivity contribution in [2.45, 2.75) is 31.6 Å². The van der Waals surface area contributed by atoms with E-state index in [0.717, 1.165) is 13.0 Å². The molecule has 1 unspecified atom stereocenters. The zero-order valence-corrected chi connectivity index (χ0v) is 8.16. The Bertz CT molecular complexity index is 290. The van der Waals surface area contributed by atoms with Crippen LogP contribution >= 0.6 is 0 Å². The van der Waals surface area contributed by atoms with Gasteiger partial charge in [-0.25, -0.2) is 0 Å². The lowest BCUT2D eigenvalue weighted by Gasteiger charge is -2.22. The molecule has 0 radical (unpaired) electrons. The molecule has 1 aromatic rings. The highest BCUT2D eigenvalue weighted by Crippen LogP contribution is 2.32. The quantitative estimate of drug-likeness (QED) is 0.741. The maximum atomic E-state index is 5.61. The summed E-state index contributed by atoms with van der Waals surface area (Å²) in [6.07, 6.45) is 6.89. The van der Waals surface area contributed by atoms with Crippen molar-refractivity contribution in [3.8, 4) is 0 Å². The number of hydrogen-bond acceptors (Lipinski definition) is 2. The largest absolute Gasteiger partial charge is 0.330 e. The van der Waals surface area contributed by atoms with Crippen LogP contribution in [0.5, 0.6) is 0 Å². The van der Waals surface area contributed by atoms with Crippen molar-refractivity contribution in [1.29, 1.82) is 0 Å². The summed E-state index contributed by atoms with van der Waals surface area (Å²) in [5.74, 6) is 0.654. The zero-order valence-electron chi connectivity index (χ0n) is 8.16. The first-order chi connectivity index (χ1) is 6.33. The predicted molar refractivity (Wildman–Crippen MR) is 52.6 cm³/mol. The summed E-state index contributed by atoms with van der Waals surface area (Å²) in [6.45, 7) is 0.787. The highest BCUT2D eigenvalue weighted by Gasteiger charge is 2.22. The molecule has 0 saturated heterocycles. The fourth-order valence-corrected chi connectivity index (χ4v) is 2.37. The van der Waals surface area contributed by atoms with E-state index < -0.39 is 0 Å². The minimum atomic E-state index is 0.654. The van der Waals surface area contributed by atoms with Crippen LogP contribution in [0.3, 0.4) is 0 Å². The first kappa shape index (κ1) is 8.75. The van der Waals surface area contributed by atoms with E-state index in [4.69, 9.17) is 5.73 Å². The van der Waals surface area contributed by atoms with Gasteiger partial charge in [-0.05, 0) is 37.8 Å². The molecule has 72 valence electrons. The van der Waals surface area contributed by atoms with Crippen molar-refractivity contribution in [2.75, 3.05) is 6.54 Å². The van der Waals surface area contributed by atoms with Crippen molar-refractivity contribution in [3.05, 3.63) is 17.5 Å². The van der Waals surface area contributed by atoms with Gasteiger partial charge < -0.3 is 5.73 Å². The van der Waals surface area contributed by atoms with Gasteiger partial charge in [0.25, 0.3) is 0 Å². The lowest BCUT2D eigenvalue weighted by atomic mass is 9.86. The Morgan fingerprint density at radius 2 is 2.54 bits per heavy atom. The smallest absolute Gasteiger partial charge is 0.0524 e. The van der Waals surface area contributed by atoms with Crippen LogP contribution in [-0.2, 0) is 13.5 Å². The molecule has 0 aromatic carbocycles. The second-order valence-corrected chi connectivity index (χ2v) is 3.85. The lowest BCUT2D eigenvalue weighted by Crippen LogP contribution is -2.16. The van der Waals surface area contributed by atoms with Gasteiger partial charge in [0.1, 0.15) is 0 Å². The SMILES string of the molecule is Cn1ncc2c1C(CCN)CCC2. The normalized spacial score (nSPS) is 21.5. The van der Waals surface area contributed by atoms with Gasteiger partial charge in [0.15, 0.2) is 0 Å². The van der Waals surface area contributed by atoms with E-state index in [1.807, 2.05) is 17.9 Å². The first-order valence-corrected chi connectivity index (χ1v) is 5.03. The molecule has 13 heavy (non-hydrogen) atoms. The van der Waals surface area contributed by atoms with Crippen molar-refractivity contribution in [3.63, 3.8) is 0 Å². The molecule has 0 amide bonds. The number of fused-ring (bicyclic) bond motifs is 1. The minimum Gasteiger partial charge on any atom is -0.330 e. The molecule has 0 bridgehead atoms. The Morgan fingerprint density at radius 3 is 3.31 bits per heavy atom. The molecule has 1 aliphatic carbocycles. The third kappa shape index (κ3) is 1.48. The maximum absolute atomic E-state index is 5.61. The van der Waals surface area contributed by atoms with Crippen LogP contribution < -0.4 is 5.73 Å². The van der Waals surface area contributed by atoms with Gasteiger partial charge >= 0.3 is 0 Å². The summed E-state index contributed by atoms with van der Waals surface area (Å²) in [7, 11) is 2.04. The molecular weight excluding hydrogens is 162 g/mol. The molecular formula is C10H17N3. The van der Waals surface area contributed by atoms with Gasteiger partial charge in [-0.1, -0.05) is 0 Å². The topological polar surface area (TPSA) is 43.8 Å². The van der Waals surface area contributed by atoms with Gasteiger partial charge in [0.05, 0.1) is 6.20 Å². The Kier molecular flexibility index (Phi) is 2.36. The van der Waals surface area contributed by atoms with Crippen LogP contribution in [0.1, 0.15) is 36.4 Å². The number of aromatic nitrogens is 2. The lowest BCUT2D eigenvalue weighted by molar-refractivity contribution is 0.491. The molecule has 0 aliphatic heterocycles. The highest BCUT2D eigenvalue weighted by atomic mass is 15.3. The van der Waals surface area contributed by atoms with Gasteiger partial charge in [-0.15, -0.1) is 0 Å². The molecule has 1 atom stereocenters. The standard InChI is InChI=1S/C10H17N3/c1-13-10-8(5-6-11)3-2-4-9(10)7-12-13/h7-8H,2-6,11H2,1H3. The maximum Gasteiger partial charge on any atom is 0.0524 e. The Morgan fingerprint density at radius 1 is 1.69 bits per heavy atom. The van der Waals surface area contributed by atoms with Gasteiger partial charge in [0, 0.05) is 18.7 Å². The molecule has 0 spiro atoms. The van der Waals surface area contributed by atoms with Crippen LogP contribution in [0.25, 0.3) is 0 Å². The van der Waals surface area contributed by atoms with Crippen molar-refractivity contribution in [1.82, 2.24) is 9.78 Å². The van der Waals surface area contributed by atoms with Crippen molar-refractivity contribution >= 4 is 0 Å². The minimum absolute atomic E-state index is 0.654. The summed E-state index contributed by atoms with van der Waals surface area (Å²) in [5, 5.41) is 4.31. The van der Waals surface area contributed by atoms with Crippen LogP contribution in [-0.4, -0.2) is 16.3 Å². The van der Waals surface area contributed by atoms with Gasteiger partial charge in [0.2, 0.25) is 0 Å². The van der Waals surface area contributed by atoms with Crippen LogP contribution in [0.4, 0.5) is 0 Å². The third-order valence-electron chi connectivity index (χ3n) is 2.96. The van der Waals surface area contributed by atoms with Crippen LogP contribution in [0.2, 0.25) is 0 Å². The number of nitrogens with zero attached hydrogens (tertiary/aromatic N) is 2.